The molecular weight excluding hydrogens is 435 g/mol. The molecule has 4 rings (SSSR count). The first-order valence-corrected chi connectivity index (χ1v) is 11.6. The molecule has 0 fully saturated rings. The number of carbonyl (C=O) groups is 3. The molecule has 1 heterocycles. The van der Waals surface area contributed by atoms with Gasteiger partial charge in [-0.1, -0.05) is 24.3 Å². The van der Waals surface area contributed by atoms with E-state index in [2.05, 4.69) is 20.9 Å². The van der Waals surface area contributed by atoms with Gasteiger partial charge in [-0.2, -0.15) is 5.11 Å². The summed E-state index contributed by atoms with van der Waals surface area (Å²) in [5.74, 6) is -1.31. The van der Waals surface area contributed by atoms with Crippen molar-refractivity contribution in [2.75, 3.05) is 10.6 Å². The van der Waals surface area contributed by atoms with Gasteiger partial charge in [0.2, 0.25) is 11.8 Å². The minimum Gasteiger partial charge on any atom is -0.326 e. The molecule has 0 radical (unpaired) electrons. The van der Waals surface area contributed by atoms with Gasteiger partial charge in [0.15, 0.2) is 0 Å². The largest absolute Gasteiger partial charge is 0.326 e. The van der Waals surface area contributed by atoms with Crippen LogP contribution < -0.4 is 10.6 Å². The number of benzene rings is 2. The van der Waals surface area contributed by atoms with E-state index in [4.69, 9.17) is 0 Å². The first-order valence-electron chi connectivity index (χ1n) is 11.6. The van der Waals surface area contributed by atoms with E-state index in [0.717, 1.165) is 42.4 Å². The summed E-state index contributed by atoms with van der Waals surface area (Å²) in [5, 5.41) is 13.4. The third kappa shape index (κ3) is 6.01. The lowest BCUT2D eigenvalue weighted by Gasteiger charge is -2.25. The topological polar surface area (TPSA) is 100.0 Å². The number of nitrogens with zero attached hydrogens (tertiary/aromatic N) is 2. The van der Waals surface area contributed by atoms with Crippen LogP contribution in [0.3, 0.4) is 0 Å². The van der Waals surface area contributed by atoms with Crippen LogP contribution in [-0.2, 0) is 20.8 Å². The Balaban J connectivity index is 1.31. The number of azo groups is 1. The second kappa shape index (κ2) is 11.0. The van der Waals surface area contributed by atoms with E-state index in [1.807, 2.05) is 18.2 Å². The van der Waals surface area contributed by atoms with Crippen molar-refractivity contribution < 1.29 is 18.8 Å². The zero-order valence-electron chi connectivity index (χ0n) is 18.9. The Hall–Kier alpha value is -3.68. The van der Waals surface area contributed by atoms with Gasteiger partial charge in [-0.25, -0.2) is 4.39 Å². The molecule has 1 unspecified atom stereocenters. The minimum atomic E-state index is -0.531. The zero-order chi connectivity index (χ0) is 23.9. The first-order chi connectivity index (χ1) is 16.5. The Morgan fingerprint density at radius 1 is 0.971 bits per heavy atom. The summed E-state index contributed by atoms with van der Waals surface area (Å²) >= 11 is 0. The Labute approximate surface area is 197 Å². The number of hydrogen-bond donors (Lipinski definition) is 2. The van der Waals surface area contributed by atoms with E-state index in [-0.39, 0.29) is 42.3 Å². The van der Waals surface area contributed by atoms with Crippen LogP contribution in [0.4, 0.5) is 15.8 Å². The molecule has 0 aromatic heterocycles. The lowest BCUT2D eigenvalue weighted by atomic mass is 9.84. The number of halogens is 1. The standard InChI is InChI=1S/C26H27FN4O3/c27-21-14-13-17(15-22-19-9-4-5-10-20(19)26(34)31-30-22)16-23(21)29-25(33)12-6-11-24(32)28-18-7-2-1-3-8-18/h1-3,7-8,13-14,16,22H,4-6,9-12,15H2,(H,28,32)(H,29,33). The maximum Gasteiger partial charge on any atom is 0.291 e. The molecule has 2 aliphatic rings. The van der Waals surface area contributed by atoms with E-state index in [0.29, 0.717) is 18.5 Å². The van der Waals surface area contributed by atoms with Crippen LogP contribution in [-0.4, -0.2) is 23.8 Å². The summed E-state index contributed by atoms with van der Waals surface area (Å²) < 4.78 is 14.3. The molecule has 2 N–H and O–H groups in total. The number of hydrogen-bond acceptors (Lipinski definition) is 4. The molecule has 2 aromatic rings. The molecule has 34 heavy (non-hydrogen) atoms. The van der Waals surface area contributed by atoms with Crippen LogP contribution in [0, 0.1) is 5.82 Å². The van der Waals surface area contributed by atoms with E-state index in [1.54, 1.807) is 24.3 Å². The van der Waals surface area contributed by atoms with Crippen LogP contribution in [0.2, 0.25) is 0 Å². The average molecular weight is 463 g/mol. The van der Waals surface area contributed by atoms with Gasteiger partial charge in [0.1, 0.15) is 5.82 Å². The van der Waals surface area contributed by atoms with Crippen LogP contribution in [0.15, 0.2) is 69.9 Å². The van der Waals surface area contributed by atoms with Crippen molar-refractivity contribution in [1.29, 1.82) is 0 Å². The molecular formula is C26H27FN4O3. The maximum atomic E-state index is 14.3. The summed E-state index contributed by atoms with van der Waals surface area (Å²) in [4.78, 5) is 36.4. The Kier molecular flexibility index (Phi) is 7.57. The fourth-order valence-electron chi connectivity index (χ4n) is 4.34. The quantitative estimate of drug-likeness (QED) is 0.553. The molecule has 176 valence electrons. The number of amides is 3. The summed E-state index contributed by atoms with van der Waals surface area (Å²) in [6.45, 7) is 0. The number of anilines is 2. The normalized spacial score (nSPS) is 17.3. The third-order valence-electron chi connectivity index (χ3n) is 6.06. The summed E-state index contributed by atoms with van der Waals surface area (Å²) in [7, 11) is 0. The van der Waals surface area contributed by atoms with Crippen molar-refractivity contribution >= 4 is 29.1 Å². The van der Waals surface area contributed by atoms with Gasteiger partial charge in [-0.3, -0.25) is 14.4 Å². The maximum absolute atomic E-state index is 14.3. The fraction of sp³-hybridized carbons (Fsp3) is 0.346. The molecule has 7 nitrogen and oxygen atoms in total. The third-order valence-corrected chi connectivity index (χ3v) is 6.06. The average Bonchev–Trinajstić information content (AvgIpc) is 2.84. The SMILES string of the molecule is O=C(CCCC(=O)Nc1cc(CC2N=NC(=O)C3=C2CCCC3)ccc1F)Nc1ccccc1. The smallest absolute Gasteiger partial charge is 0.291 e. The molecule has 3 amide bonds. The predicted octanol–water partition coefficient (Wildman–Crippen LogP) is 5.35. The van der Waals surface area contributed by atoms with E-state index < -0.39 is 5.82 Å². The Morgan fingerprint density at radius 3 is 2.50 bits per heavy atom. The second-order valence-corrected chi connectivity index (χ2v) is 8.58. The van der Waals surface area contributed by atoms with Crippen LogP contribution in [0.5, 0.6) is 0 Å². The van der Waals surface area contributed by atoms with Gasteiger partial charge < -0.3 is 10.6 Å². The lowest BCUT2D eigenvalue weighted by molar-refractivity contribution is -0.118. The summed E-state index contributed by atoms with van der Waals surface area (Å²) in [5.41, 5.74) is 3.41. The van der Waals surface area contributed by atoms with E-state index in [9.17, 15) is 18.8 Å². The fourth-order valence-corrected chi connectivity index (χ4v) is 4.34. The van der Waals surface area contributed by atoms with Crippen molar-refractivity contribution in [3.8, 4) is 0 Å². The minimum absolute atomic E-state index is 0.0953. The van der Waals surface area contributed by atoms with Crippen molar-refractivity contribution in [3.63, 3.8) is 0 Å². The monoisotopic (exact) mass is 462 g/mol. The number of rotatable bonds is 8. The Morgan fingerprint density at radius 2 is 1.71 bits per heavy atom. The molecule has 0 spiro atoms. The predicted molar refractivity (Wildman–Crippen MR) is 127 cm³/mol. The lowest BCUT2D eigenvalue weighted by Crippen LogP contribution is -2.23. The highest BCUT2D eigenvalue weighted by molar-refractivity contribution is 5.95. The van der Waals surface area contributed by atoms with Crippen LogP contribution in [0.1, 0.15) is 50.5 Å². The van der Waals surface area contributed by atoms with E-state index >= 15 is 0 Å². The summed E-state index contributed by atoms with van der Waals surface area (Å²) in [6, 6.07) is 13.4. The van der Waals surface area contributed by atoms with Gasteiger partial charge >= 0.3 is 0 Å². The number of nitrogens with one attached hydrogen (secondary N) is 2. The highest BCUT2D eigenvalue weighted by Gasteiger charge is 2.29. The molecule has 1 aliphatic heterocycles. The van der Waals surface area contributed by atoms with E-state index in [1.165, 1.54) is 6.07 Å². The van der Waals surface area contributed by atoms with Crippen molar-refractivity contribution in [2.24, 2.45) is 10.2 Å². The van der Waals surface area contributed by atoms with Gasteiger partial charge in [-0.15, -0.1) is 5.11 Å². The molecule has 0 saturated carbocycles. The molecule has 0 bridgehead atoms. The van der Waals surface area contributed by atoms with Crippen molar-refractivity contribution in [1.82, 2.24) is 0 Å². The molecule has 8 heteroatoms. The van der Waals surface area contributed by atoms with Gasteiger partial charge in [-0.05, 0) is 67.5 Å². The second-order valence-electron chi connectivity index (χ2n) is 8.58. The highest BCUT2D eigenvalue weighted by atomic mass is 19.1. The molecule has 1 atom stereocenters. The first kappa shape index (κ1) is 23.5. The zero-order valence-corrected chi connectivity index (χ0v) is 18.9. The van der Waals surface area contributed by atoms with Gasteiger partial charge in [0.25, 0.3) is 5.91 Å². The molecule has 2 aromatic carbocycles. The Bertz CT molecular complexity index is 1140. The number of para-hydroxylation sites is 1. The van der Waals surface area contributed by atoms with Crippen LogP contribution >= 0.6 is 0 Å². The number of carbonyl (C=O) groups excluding carboxylic acids is 3. The molecule has 0 saturated heterocycles. The summed E-state index contributed by atoms with van der Waals surface area (Å²) in [6.07, 6.45) is 4.68. The molecule has 1 aliphatic carbocycles. The van der Waals surface area contributed by atoms with Gasteiger partial charge in [0.05, 0.1) is 11.7 Å². The van der Waals surface area contributed by atoms with Gasteiger partial charge in [0, 0.05) is 30.5 Å². The van der Waals surface area contributed by atoms with Crippen molar-refractivity contribution in [3.05, 3.63) is 71.1 Å². The van der Waals surface area contributed by atoms with Crippen molar-refractivity contribution in [2.45, 2.75) is 57.4 Å². The van der Waals surface area contributed by atoms with Crippen LogP contribution in [0.25, 0.3) is 0 Å². The highest BCUT2D eigenvalue weighted by Crippen LogP contribution is 2.34.